The number of rotatable bonds is 5. The fourth-order valence-corrected chi connectivity index (χ4v) is 5.23. The molecular weight excluding hydrogens is 374 g/mol. The van der Waals surface area contributed by atoms with Crippen LogP contribution in [0.25, 0.3) is 0 Å². The van der Waals surface area contributed by atoms with Crippen molar-refractivity contribution >= 4 is 22.1 Å². The van der Waals surface area contributed by atoms with Gasteiger partial charge in [0.2, 0.25) is 0 Å². The van der Waals surface area contributed by atoms with Crippen molar-refractivity contribution in [3.63, 3.8) is 0 Å². The summed E-state index contributed by atoms with van der Waals surface area (Å²) < 4.78 is 65.9. The van der Waals surface area contributed by atoms with Crippen LogP contribution in [0.4, 0.5) is 8.78 Å². The number of carbonyl (C=O) groups is 2. The average molecular weight is 396 g/mol. The van der Waals surface area contributed by atoms with Crippen molar-refractivity contribution in [1.82, 2.24) is 0 Å². The van der Waals surface area contributed by atoms with Gasteiger partial charge in [-0.1, -0.05) is 0 Å². The van der Waals surface area contributed by atoms with E-state index in [4.69, 9.17) is 9.29 Å². The average Bonchev–Trinajstić information content (AvgIpc) is 2.50. The third kappa shape index (κ3) is 3.11. The molecule has 0 saturated heterocycles. The van der Waals surface area contributed by atoms with E-state index in [0.717, 1.165) is 32.6 Å². The van der Waals surface area contributed by atoms with Crippen LogP contribution in [0, 0.1) is 23.7 Å². The van der Waals surface area contributed by atoms with Crippen molar-refractivity contribution in [3.8, 4) is 0 Å². The summed E-state index contributed by atoms with van der Waals surface area (Å²) >= 11 is 0. The molecule has 0 spiro atoms. The zero-order valence-corrected chi connectivity index (χ0v) is 15.3. The second-order valence-corrected chi connectivity index (χ2v) is 9.41. The third-order valence-electron chi connectivity index (χ3n) is 6.26. The van der Waals surface area contributed by atoms with E-state index >= 15 is 0 Å². The smallest absolute Gasteiger partial charge is 0.456 e. The topological polar surface area (TPSA) is 107 Å². The minimum absolute atomic E-state index is 0.185. The first kappa shape index (κ1) is 19.5. The fourth-order valence-electron chi connectivity index (χ4n) is 4.97. The molecule has 4 aliphatic carbocycles. The van der Waals surface area contributed by atoms with Gasteiger partial charge in [0.05, 0.1) is 0 Å². The summed E-state index contributed by atoms with van der Waals surface area (Å²) in [7, 11) is -5.99. The van der Waals surface area contributed by atoms with Crippen molar-refractivity contribution in [3.05, 3.63) is 0 Å². The summed E-state index contributed by atoms with van der Waals surface area (Å²) in [6.45, 7) is 2.86. The molecule has 0 aromatic carbocycles. The minimum Gasteiger partial charge on any atom is -0.456 e. The number of alkyl halides is 2. The van der Waals surface area contributed by atoms with E-state index in [1.165, 1.54) is 6.42 Å². The molecule has 0 aromatic rings. The number of ether oxygens (including phenoxy) is 2. The van der Waals surface area contributed by atoms with Crippen LogP contribution >= 0.6 is 0 Å². The summed E-state index contributed by atoms with van der Waals surface area (Å²) in [6, 6.07) is 0. The van der Waals surface area contributed by atoms with Crippen molar-refractivity contribution in [2.24, 2.45) is 23.7 Å². The predicted octanol–water partition coefficient (Wildman–Crippen LogP) is 2.16. The van der Waals surface area contributed by atoms with Crippen molar-refractivity contribution in [2.45, 2.75) is 62.9 Å². The molecule has 1 N–H and O–H groups in total. The van der Waals surface area contributed by atoms with Gasteiger partial charge in [-0.2, -0.15) is 17.2 Å². The molecule has 0 radical (unpaired) electrons. The molecule has 7 nitrogen and oxygen atoms in total. The Hall–Kier alpha value is -1.29. The van der Waals surface area contributed by atoms with E-state index in [0.29, 0.717) is 11.8 Å². The van der Waals surface area contributed by atoms with Gasteiger partial charge in [-0.3, -0.25) is 4.55 Å². The molecule has 0 heterocycles. The molecule has 4 aliphatic rings. The standard InChI is InChI=1S/C16H22F2O7S/c1-8(24-14(20)16(17,18)26(21,22)23)13(19)25-15(2)11-4-9-3-10(6-11)7-12(15)5-9/h8-12H,3-7H2,1-2H3,(H,21,22,23). The van der Waals surface area contributed by atoms with Gasteiger partial charge in [0.15, 0.2) is 6.10 Å². The van der Waals surface area contributed by atoms with Gasteiger partial charge in [0.25, 0.3) is 0 Å². The number of esters is 2. The summed E-state index contributed by atoms with van der Waals surface area (Å²) in [4.78, 5) is 23.6. The van der Waals surface area contributed by atoms with Gasteiger partial charge in [-0.05, 0) is 69.6 Å². The molecule has 148 valence electrons. The van der Waals surface area contributed by atoms with E-state index in [9.17, 15) is 26.8 Å². The predicted molar refractivity (Wildman–Crippen MR) is 83.6 cm³/mol. The first-order chi connectivity index (χ1) is 11.8. The second-order valence-electron chi connectivity index (χ2n) is 7.95. The third-order valence-corrected chi connectivity index (χ3v) is 7.07. The van der Waals surface area contributed by atoms with E-state index in [-0.39, 0.29) is 11.8 Å². The molecule has 0 aromatic heterocycles. The second kappa shape index (κ2) is 6.12. The van der Waals surface area contributed by atoms with Gasteiger partial charge >= 0.3 is 27.3 Å². The van der Waals surface area contributed by atoms with E-state index < -0.39 is 39.0 Å². The zero-order valence-electron chi connectivity index (χ0n) is 14.5. The van der Waals surface area contributed by atoms with Crippen LogP contribution < -0.4 is 0 Å². The van der Waals surface area contributed by atoms with Gasteiger partial charge in [0.1, 0.15) is 5.60 Å². The highest BCUT2D eigenvalue weighted by molar-refractivity contribution is 7.87. The largest absolute Gasteiger partial charge is 0.465 e. The highest BCUT2D eigenvalue weighted by Crippen LogP contribution is 2.59. The first-order valence-electron chi connectivity index (χ1n) is 8.63. The van der Waals surface area contributed by atoms with E-state index in [2.05, 4.69) is 4.74 Å². The Balaban J connectivity index is 1.66. The molecule has 1 unspecified atom stereocenters. The zero-order chi connectivity index (χ0) is 19.5. The Kier molecular flexibility index (Phi) is 4.58. The van der Waals surface area contributed by atoms with Gasteiger partial charge < -0.3 is 9.47 Å². The molecule has 26 heavy (non-hydrogen) atoms. The van der Waals surface area contributed by atoms with Crippen molar-refractivity contribution in [1.29, 1.82) is 0 Å². The Morgan fingerprint density at radius 1 is 1.12 bits per heavy atom. The van der Waals surface area contributed by atoms with Crippen LogP contribution in [0.15, 0.2) is 0 Å². The lowest BCUT2D eigenvalue weighted by Gasteiger charge is -2.59. The summed E-state index contributed by atoms with van der Waals surface area (Å²) in [5.41, 5.74) is -0.739. The normalized spacial score (nSPS) is 37.3. The first-order valence-corrected chi connectivity index (χ1v) is 10.1. The number of hydrogen-bond donors (Lipinski definition) is 1. The minimum atomic E-state index is -5.99. The van der Waals surface area contributed by atoms with Crippen LogP contribution in [0.5, 0.6) is 0 Å². The molecule has 10 heteroatoms. The fraction of sp³-hybridized carbons (Fsp3) is 0.875. The molecular formula is C16H22F2O7S. The molecule has 0 aliphatic heterocycles. The number of carbonyl (C=O) groups excluding carboxylic acids is 2. The Labute approximate surface area is 150 Å². The number of halogens is 2. The summed E-state index contributed by atoms with van der Waals surface area (Å²) in [6.07, 6.45) is 3.29. The van der Waals surface area contributed by atoms with Gasteiger partial charge in [0, 0.05) is 0 Å². The van der Waals surface area contributed by atoms with E-state index in [1.807, 2.05) is 6.92 Å². The van der Waals surface area contributed by atoms with Crippen LogP contribution in [-0.4, -0.2) is 41.9 Å². The van der Waals surface area contributed by atoms with E-state index in [1.54, 1.807) is 0 Å². The lowest BCUT2D eigenvalue weighted by Crippen LogP contribution is -2.58. The van der Waals surface area contributed by atoms with Crippen LogP contribution in [0.1, 0.15) is 46.0 Å². The summed E-state index contributed by atoms with van der Waals surface area (Å²) in [5, 5.41) is -5.14. The highest BCUT2D eigenvalue weighted by Gasteiger charge is 2.58. The van der Waals surface area contributed by atoms with Crippen LogP contribution in [-0.2, 0) is 29.2 Å². The van der Waals surface area contributed by atoms with Crippen molar-refractivity contribution in [2.75, 3.05) is 0 Å². The molecule has 4 rings (SSSR count). The lowest BCUT2D eigenvalue weighted by atomic mass is 9.50. The maximum atomic E-state index is 13.3. The Bertz CT molecular complexity index is 690. The van der Waals surface area contributed by atoms with Gasteiger partial charge in [-0.25, -0.2) is 9.59 Å². The number of hydrogen-bond acceptors (Lipinski definition) is 6. The lowest BCUT2D eigenvalue weighted by molar-refractivity contribution is -0.213. The highest BCUT2D eigenvalue weighted by atomic mass is 32.2. The quantitative estimate of drug-likeness (QED) is 0.560. The molecule has 4 saturated carbocycles. The monoisotopic (exact) mass is 396 g/mol. The SMILES string of the molecule is CC(OC(=O)C(F)(F)S(=O)(=O)O)C(=O)OC1(C)C2CC3CC(C2)CC1C3. The van der Waals surface area contributed by atoms with Crippen molar-refractivity contribution < 1.29 is 40.8 Å². The van der Waals surface area contributed by atoms with Crippen LogP contribution in [0.3, 0.4) is 0 Å². The maximum Gasteiger partial charge on any atom is 0.465 e. The molecule has 4 fully saturated rings. The van der Waals surface area contributed by atoms with Gasteiger partial charge in [-0.15, -0.1) is 0 Å². The molecule has 0 amide bonds. The molecule has 4 bridgehead atoms. The summed E-state index contributed by atoms with van der Waals surface area (Å²) in [5.74, 6) is -1.88. The Morgan fingerprint density at radius 3 is 2.00 bits per heavy atom. The maximum absolute atomic E-state index is 13.3. The Morgan fingerprint density at radius 2 is 1.58 bits per heavy atom. The molecule has 1 atom stereocenters. The van der Waals surface area contributed by atoms with Crippen LogP contribution in [0.2, 0.25) is 0 Å².